The average molecular weight is 433 g/mol. The van der Waals surface area contributed by atoms with Gasteiger partial charge in [0, 0.05) is 24.4 Å². The van der Waals surface area contributed by atoms with Gasteiger partial charge in [0.1, 0.15) is 0 Å². The highest BCUT2D eigenvalue weighted by atomic mass is 35.5. The van der Waals surface area contributed by atoms with Crippen LogP contribution in [0.4, 0.5) is 5.69 Å². The lowest BCUT2D eigenvalue weighted by atomic mass is 10.1. The third kappa shape index (κ3) is 5.88. The number of halogens is 1. The Morgan fingerprint density at radius 2 is 2.10 bits per heavy atom. The van der Waals surface area contributed by atoms with Gasteiger partial charge in [-0.15, -0.1) is 11.3 Å². The summed E-state index contributed by atoms with van der Waals surface area (Å²) in [7, 11) is 0. The number of hydrogen-bond donors (Lipinski definition) is 2. The maximum Gasteiger partial charge on any atom is 0.251 e. The normalized spacial score (nSPS) is 10.9. The van der Waals surface area contributed by atoms with Gasteiger partial charge in [0.15, 0.2) is 0 Å². The monoisotopic (exact) mass is 432 g/mol. The van der Waals surface area contributed by atoms with E-state index in [0.29, 0.717) is 40.8 Å². The minimum atomic E-state index is -0.217. The van der Waals surface area contributed by atoms with Crippen LogP contribution in [0.3, 0.4) is 0 Å². The molecule has 2 N–H and O–H groups in total. The van der Waals surface area contributed by atoms with Crippen LogP contribution < -0.4 is 10.6 Å². The quantitative estimate of drug-likeness (QED) is 0.544. The Hall–Kier alpha value is -2.71. The Morgan fingerprint density at radius 1 is 1.28 bits per heavy atom. The Bertz CT molecular complexity index is 986. The van der Waals surface area contributed by atoms with Crippen LogP contribution in [0.5, 0.6) is 0 Å². The number of nitrogens with one attached hydrogen (secondary N) is 2. The molecule has 2 amide bonds. The van der Waals surface area contributed by atoms with E-state index in [1.807, 2.05) is 31.4 Å². The van der Waals surface area contributed by atoms with Gasteiger partial charge in [-0.2, -0.15) is 4.98 Å². The number of aromatic nitrogens is 2. The van der Waals surface area contributed by atoms with Crippen LogP contribution in [0.15, 0.2) is 40.2 Å². The topological polar surface area (TPSA) is 97.1 Å². The number of amides is 2. The van der Waals surface area contributed by atoms with Crippen LogP contribution in [0.2, 0.25) is 5.02 Å². The molecule has 0 unspecified atom stereocenters. The Labute approximate surface area is 177 Å². The van der Waals surface area contributed by atoms with Gasteiger partial charge < -0.3 is 15.2 Å². The van der Waals surface area contributed by atoms with E-state index in [2.05, 4.69) is 20.8 Å². The molecule has 2 aromatic heterocycles. The molecule has 29 heavy (non-hydrogen) atoms. The highest BCUT2D eigenvalue weighted by molar-refractivity contribution is 7.13. The molecule has 3 aromatic rings. The number of carbonyl (C=O) groups excluding carboxylic acids is 2. The SMILES string of the molecule is CC(C)NC(=O)c1ccc(Cl)c(NC(=O)CCCc2nc(-c3cccs3)no2)c1. The van der Waals surface area contributed by atoms with Crippen LogP contribution in [0, 0.1) is 0 Å². The smallest absolute Gasteiger partial charge is 0.251 e. The van der Waals surface area contributed by atoms with Crippen molar-refractivity contribution in [3.8, 4) is 10.7 Å². The summed E-state index contributed by atoms with van der Waals surface area (Å²) < 4.78 is 5.23. The van der Waals surface area contributed by atoms with Crippen molar-refractivity contribution in [1.29, 1.82) is 0 Å². The predicted octanol–water partition coefficient (Wildman–Crippen LogP) is 4.55. The van der Waals surface area contributed by atoms with Crippen molar-refractivity contribution in [2.24, 2.45) is 0 Å². The van der Waals surface area contributed by atoms with Crippen molar-refractivity contribution in [2.45, 2.75) is 39.2 Å². The maximum atomic E-state index is 12.3. The van der Waals surface area contributed by atoms with Crippen molar-refractivity contribution < 1.29 is 14.1 Å². The number of thiophene rings is 1. The molecular formula is C20H21ClN4O3S. The summed E-state index contributed by atoms with van der Waals surface area (Å²) in [4.78, 5) is 29.7. The third-order valence-corrected chi connectivity index (χ3v) is 5.12. The summed E-state index contributed by atoms with van der Waals surface area (Å²) in [6.07, 6.45) is 1.30. The molecule has 0 spiro atoms. The number of anilines is 1. The van der Waals surface area contributed by atoms with E-state index in [1.54, 1.807) is 18.2 Å². The molecule has 0 fully saturated rings. The summed E-state index contributed by atoms with van der Waals surface area (Å²) in [6, 6.07) is 8.65. The summed E-state index contributed by atoms with van der Waals surface area (Å²) in [5.41, 5.74) is 0.844. The molecule has 0 aliphatic heterocycles. The highest BCUT2D eigenvalue weighted by Crippen LogP contribution is 2.24. The van der Waals surface area contributed by atoms with Crippen LogP contribution >= 0.6 is 22.9 Å². The summed E-state index contributed by atoms with van der Waals surface area (Å²) in [6.45, 7) is 3.76. The highest BCUT2D eigenvalue weighted by Gasteiger charge is 2.13. The zero-order valence-corrected chi connectivity index (χ0v) is 17.6. The van der Waals surface area contributed by atoms with E-state index in [1.165, 1.54) is 11.3 Å². The van der Waals surface area contributed by atoms with Gasteiger partial charge in [-0.25, -0.2) is 0 Å². The second-order valence-corrected chi connectivity index (χ2v) is 8.07. The molecular weight excluding hydrogens is 412 g/mol. The van der Waals surface area contributed by atoms with Crippen LogP contribution in [0.1, 0.15) is 42.9 Å². The van der Waals surface area contributed by atoms with Crippen LogP contribution in [-0.2, 0) is 11.2 Å². The van der Waals surface area contributed by atoms with E-state index in [9.17, 15) is 9.59 Å². The minimum Gasteiger partial charge on any atom is -0.350 e. The number of aryl methyl sites for hydroxylation is 1. The molecule has 0 radical (unpaired) electrons. The molecule has 3 rings (SSSR count). The first-order valence-corrected chi connectivity index (χ1v) is 10.4. The molecule has 0 atom stereocenters. The first kappa shape index (κ1) is 21.0. The van der Waals surface area contributed by atoms with E-state index < -0.39 is 0 Å². The Kier molecular flexibility index (Phi) is 7.00. The maximum absolute atomic E-state index is 12.3. The van der Waals surface area contributed by atoms with Gasteiger partial charge in [0.2, 0.25) is 17.6 Å². The molecule has 0 saturated heterocycles. The number of hydrogen-bond acceptors (Lipinski definition) is 6. The van der Waals surface area contributed by atoms with Crippen LogP contribution in [0.25, 0.3) is 10.7 Å². The Morgan fingerprint density at radius 3 is 2.83 bits per heavy atom. The summed E-state index contributed by atoms with van der Waals surface area (Å²) in [5.74, 6) is 0.630. The lowest BCUT2D eigenvalue weighted by molar-refractivity contribution is -0.116. The van der Waals surface area contributed by atoms with Gasteiger partial charge in [0.25, 0.3) is 5.91 Å². The van der Waals surface area contributed by atoms with Crippen molar-refractivity contribution in [3.63, 3.8) is 0 Å². The van der Waals surface area contributed by atoms with Crippen molar-refractivity contribution in [1.82, 2.24) is 15.5 Å². The van der Waals surface area contributed by atoms with Crippen LogP contribution in [-0.4, -0.2) is 28.0 Å². The van der Waals surface area contributed by atoms with Crippen molar-refractivity contribution in [2.75, 3.05) is 5.32 Å². The molecule has 0 bridgehead atoms. The van der Waals surface area contributed by atoms with E-state index in [-0.39, 0.29) is 24.3 Å². The second-order valence-electron chi connectivity index (χ2n) is 6.71. The van der Waals surface area contributed by atoms with Gasteiger partial charge in [-0.05, 0) is 49.9 Å². The molecule has 2 heterocycles. The number of benzene rings is 1. The zero-order valence-electron chi connectivity index (χ0n) is 16.1. The van der Waals surface area contributed by atoms with Crippen molar-refractivity contribution >= 4 is 40.4 Å². The second kappa shape index (κ2) is 9.67. The molecule has 0 aliphatic rings. The fourth-order valence-corrected chi connectivity index (χ4v) is 3.40. The molecule has 0 aliphatic carbocycles. The number of carbonyl (C=O) groups is 2. The molecule has 0 saturated carbocycles. The molecule has 1 aromatic carbocycles. The fraction of sp³-hybridized carbons (Fsp3) is 0.300. The lowest BCUT2D eigenvalue weighted by Gasteiger charge is -2.11. The van der Waals surface area contributed by atoms with Gasteiger partial charge in [-0.3, -0.25) is 9.59 Å². The largest absolute Gasteiger partial charge is 0.350 e. The molecule has 152 valence electrons. The summed E-state index contributed by atoms with van der Waals surface area (Å²) in [5, 5.41) is 11.8. The lowest BCUT2D eigenvalue weighted by Crippen LogP contribution is -2.30. The van der Waals surface area contributed by atoms with Gasteiger partial charge in [-0.1, -0.05) is 22.8 Å². The molecule has 9 heteroatoms. The van der Waals surface area contributed by atoms with Gasteiger partial charge >= 0.3 is 0 Å². The minimum absolute atomic E-state index is 0.0150. The summed E-state index contributed by atoms with van der Waals surface area (Å²) >= 11 is 7.69. The Balaban J connectivity index is 1.52. The number of rotatable bonds is 8. The third-order valence-electron chi connectivity index (χ3n) is 3.93. The standard InChI is InChI=1S/C20H21ClN4O3S/c1-12(2)22-20(27)13-8-9-14(21)15(11-13)23-17(26)6-3-7-18-24-19(25-28-18)16-5-4-10-29-16/h4-5,8-12H,3,6-7H2,1-2H3,(H,22,27)(H,23,26). The first-order valence-electron chi connectivity index (χ1n) is 9.19. The van der Waals surface area contributed by atoms with E-state index in [4.69, 9.17) is 16.1 Å². The van der Waals surface area contributed by atoms with Crippen molar-refractivity contribution in [3.05, 3.63) is 52.2 Å². The fourth-order valence-electron chi connectivity index (χ4n) is 2.58. The predicted molar refractivity (Wildman–Crippen MR) is 113 cm³/mol. The zero-order chi connectivity index (χ0) is 20.8. The van der Waals surface area contributed by atoms with E-state index >= 15 is 0 Å². The average Bonchev–Trinajstić information content (AvgIpc) is 3.34. The molecule has 7 nitrogen and oxygen atoms in total. The first-order chi connectivity index (χ1) is 13.9. The number of nitrogens with zero attached hydrogens (tertiary/aromatic N) is 2. The van der Waals surface area contributed by atoms with E-state index in [0.717, 1.165) is 4.88 Å². The van der Waals surface area contributed by atoms with Gasteiger partial charge in [0.05, 0.1) is 15.6 Å².